The third kappa shape index (κ3) is 3.48. The van der Waals surface area contributed by atoms with E-state index in [0.29, 0.717) is 5.69 Å². The van der Waals surface area contributed by atoms with Crippen LogP contribution >= 0.6 is 27.3 Å². The van der Waals surface area contributed by atoms with Crippen LogP contribution in [0, 0.1) is 0 Å². The van der Waals surface area contributed by atoms with Gasteiger partial charge in [0.2, 0.25) is 0 Å². The lowest BCUT2D eigenvalue weighted by Crippen LogP contribution is -2.09. The van der Waals surface area contributed by atoms with Crippen LogP contribution in [0.5, 0.6) is 0 Å². The fourth-order valence-corrected chi connectivity index (χ4v) is 2.69. The number of hydrogen-bond donors (Lipinski definition) is 1. The monoisotopic (exact) mass is 350 g/mol. The van der Waals surface area contributed by atoms with Crippen molar-refractivity contribution in [2.24, 2.45) is 0 Å². The number of nitrogens with one attached hydrogen (secondary N) is 1. The van der Waals surface area contributed by atoms with Gasteiger partial charge in [-0.3, -0.25) is 4.98 Å². The highest BCUT2D eigenvalue weighted by molar-refractivity contribution is 9.10. The highest BCUT2D eigenvalue weighted by atomic mass is 79.9. The average molecular weight is 351 g/mol. The van der Waals surface area contributed by atoms with E-state index in [1.165, 1.54) is 17.4 Å². The zero-order valence-corrected chi connectivity index (χ0v) is 12.2. The van der Waals surface area contributed by atoms with Gasteiger partial charge in [-0.2, -0.15) is 13.2 Å². The Hall–Kier alpha value is -1.08. The van der Waals surface area contributed by atoms with E-state index in [4.69, 9.17) is 0 Å². The summed E-state index contributed by atoms with van der Waals surface area (Å²) in [4.78, 5) is 4.92. The normalized spacial score (nSPS) is 13.3. The van der Waals surface area contributed by atoms with Crippen LogP contribution < -0.4 is 5.32 Å². The molecule has 1 unspecified atom stereocenters. The number of thiazole rings is 1. The molecule has 2 aromatic rings. The van der Waals surface area contributed by atoms with E-state index in [-0.39, 0.29) is 10.5 Å². The second-order valence-corrected chi connectivity index (χ2v) is 5.73. The van der Waals surface area contributed by atoms with Crippen molar-refractivity contribution in [1.82, 2.24) is 4.98 Å². The van der Waals surface area contributed by atoms with Crippen molar-refractivity contribution in [3.05, 3.63) is 44.8 Å². The first-order valence-corrected chi connectivity index (χ1v) is 7.07. The fourth-order valence-electron chi connectivity index (χ4n) is 1.59. The van der Waals surface area contributed by atoms with Gasteiger partial charge in [0.25, 0.3) is 0 Å². The van der Waals surface area contributed by atoms with Crippen molar-refractivity contribution in [1.29, 1.82) is 0 Å². The fraction of sp³-hybridized carbons (Fsp3) is 0.250. The Morgan fingerprint density at radius 2 is 2.11 bits per heavy atom. The van der Waals surface area contributed by atoms with Gasteiger partial charge in [-0.15, -0.1) is 11.3 Å². The zero-order chi connectivity index (χ0) is 14.0. The Balaban J connectivity index is 2.22. The third-order valence-electron chi connectivity index (χ3n) is 2.53. The number of nitrogens with zero attached hydrogens (tertiary/aromatic N) is 1. The van der Waals surface area contributed by atoms with Crippen LogP contribution in [-0.4, -0.2) is 4.98 Å². The molecule has 0 bridgehead atoms. The van der Waals surface area contributed by atoms with Crippen LogP contribution in [0.3, 0.4) is 0 Å². The van der Waals surface area contributed by atoms with E-state index in [2.05, 4.69) is 26.2 Å². The third-order valence-corrected chi connectivity index (χ3v) is 4.18. The van der Waals surface area contributed by atoms with Gasteiger partial charge in [0, 0.05) is 21.2 Å². The van der Waals surface area contributed by atoms with Gasteiger partial charge in [-0.1, -0.05) is 15.9 Å². The lowest BCUT2D eigenvalue weighted by atomic mass is 10.1. The summed E-state index contributed by atoms with van der Waals surface area (Å²) in [7, 11) is 0. The van der Waals surface area contributed by atoms with Crippen molar-refractivity contribution in [2.45, 2.75) is 19.1 Å². The Labute approximate surface area is 120 Å². The van der Waals surface area contributed by atoms with Crippen LogP contribution in [0.15, 0.2) is 34.4 Å². The molecule has 0 amide bonds. The highest BCUT2D eigenvalue weighted by Crippen LogP contribution is 2.37. The number of hydrogen-bond acceptors (Lipinski definition) is 3. The van der Waals surface area contributed by atoms with Crippen LogP contribution in [-0.2, 0) is 6.18 Å². The molecule has 0 aliphatic heterocycles. The van der Waals surface area contributed by atoms with Crippen LogP contribution in [0.1, 0.15) is 23.4 Å². The molecule has 1 aromatic heterocycles. The van der Waals surface area contributed by atoms with Gasteiger partial charge < -0.3 is 5.32 Å². The van der Waals surface area contributed by atoms with E-state index in [1.807, 2.05) is 6.92 Å². The molecule has 0 aliphatic carbocycles. The molecule has 1 aromatic carbocycles. The van der Waals surface area contributed by atoms with Gasteiger partial charge >= 0.3 is 6.18 Å². The first kappa shape index (κ1) is 14.3. The summed E-state index contributed by atoms with van der Waals surface area (Å²) in [5.41, 5.74) is 1.43. The minimum Gasteiger partial charge on any atom is -0.378 e. The SMILES string of the molecule is CC(Nc1ccc(Br)c(C(F)(F)F)c1)c1cncs1. The Morgan fingerprint density at radius 1 is 1.37 bits per heavy atom. The minimum absolute atomic E-state index is 0.0380. The molecule has 1 N–H and O–H groups in total. The minimum atomic E-state index is -4.37. The molecule has 102 valence electrons. The summed E-state index contributed by atoms with van der Waals surface area (Å²) in [6.45, 7) is 1.88. The Morgan fingerprint density at radius 3 is 2.68 bits per heavy atom. The van der Waals surface area contributed by atoms with Gasteiger partial charge in [0.15, 0.2) is 0 Å². The lowest BCUT2D eigenvalue weighted by molar-refractivity contribution is -0.138. The van der Waals surface area contributed by atoms with Gasteiger partial charge in [0.05, 0.1) is 17.1 Å². The van der Waals surface area contributed by atoms with E-state index in [9.17, 15) is 13.2 Å². The molecule has 19 heavy (non-hydrogen) atoms. The second-order valence-electron chi connectivity index (χ2n) is 3.96. The summed E-state index contributed by atoms with van der Waals surface area (Å²) in [5, 5.41) is 3.03. The first-order valence-electron chi connectivity index (χ1n) is 5.39. The summed E-state index contributed by atoms with van der Waals surface area (Å²) < 4.78 is 38.4. The predicted molar refractivity (Wildman–Crippen MR) is 73.3 cm³/mol. The summed E-state index contributed by atoms with van der Waals surface area (Å²) >= 11 is 4.37. The largest absolute Gasteiger partial charge is 0.417 e. The molecular weight excluding hydrogens is 341 g/mol. The van der Waals surface area contributed by atoms with Crippen molar-refractivity contribution in [3.8, 4) is 0 Å². The van der Waals surface area contributed by atoms with Crippen molar-refractivity contribution in [2.75, 3.05) is 5.32 Å². The second kappa shape index (κ2) is 5.50. The summed E-state index contributed by atoms with van der Waals surface area (Å²) in [6.07, 6.45) is -2.67. The van der Waals surface area contributed by atoms with Crippen molar-refractivity contribution >= 4 is 33.0 Å². The molecule has 0 fully saturated rings. The van der Waals surface area contributed by atoms with Gasteiger partial charge in [-0.05, 0) is 25.1 Å². The standard InChI is InChI=1S/C12H10BrF3N2S/c1-7(11-5-17-6-19-11)18-8-2-3-10(13)9(4-8)12(14,15)16/h2-7,18H,1H3. The molecule has 1 heterocycles. The number of aromatic nitrogens is 1. The summed E-state index contributed by atoms with van der Waals surface area (Å²) in [6, 6.07) is 4.01. The van der Waals surface area contributed by atoms with E-state index in [1.54, 1.807) is 17.8 Å². The highest BCUT2D eigenvalue weighted by Gasteiger charge is 2.33. The van der Waals surface area contributed by atoms with Gasteiger partial charge in [-0.25, -0.2) is 0 Å². The first-order chi connectivity index (χ1) is 8.88. The number of rotatable bonds is 3. The van der Waals surface area contributed by atoms with Gasteiger partial charge in [0.1, 0.15) is 0 Å². The van der Waals surface area contributed by atoms with Crippen LogP contribution in [0.4, 0.5) is 18.9 Å². The molecule has 2 rings (SSSR count). The molecule has 0 spiro atoms. The maximum absolute atomic E-state index is 12.8. The van der Waals surface area contributed by atoms with Crippen molar-refractivity contribution < 1.29 is 13.2 Å². The molecule has 0 aliphatic rings. The topological polar surface area (TPSA) is 24.9 Å². The van der Waals surface area contributed by atoms with E-state index in [0.717, 1.165) is 10.9 Å². The molecule has 0 radical (unpaired) electrons. The van der Waals surface area contributed by atoms with Crippen molar-refractivity contribution in [3.63, 3.8) is 0 Å². The maximum atomic E-state index is 12.8. The quantitative estimate of drug-likeness (QED) is 0.833. The Kier molecular flexibility index (Phi) is 4.15. The molecule has 1 atom stereocenters. The van der Waals surface area contributed by atoms with Crippen LogP contribution in [0.2, 0.25) is 0 Å². The smallest absolute Gasteiger partial charge is 0.378 e. The maximum Gasteiger partial charge on any atom is 0.417 e. The van der Waals surface area contributed by atoms with Crippen LogP contribution in [0.25, 0.3) is 0 Å². The molecule has 0 saturated heterocycles. The van der Waals surface area contributed by atoms with E-state index >= 15 is 0 Å². The summed E-state index contributed by atoms with van der Waals surface area (Å²) in [5.74, 6) is 0. The number of anilines is 1. The van der Waals surface area contributed by atoms with E-state index < -0.39 is 11.7 Å². The molecule has 0 saturated carbocycles. The Bertz CT molecular complexity index is 555. The molecule has 7 heteroatoms. The zero-order valence-electron chi connectivity index (χ0n) is 9.83. The average Bonchev–Trinajstić information content (AvgIpc) is 2.83. The number of halogens is 4. The molecular formula is C12H10BrF3N2S. The number of benzene rings is 1. The molecule has 2 nitrogen and oxygen atoms in total. The predicted octanol–water partition coefficient (Wildman–Crippen LogP) is 5.10. The number of alkyl halides is 3. The lowest BCUT2D eigenvalue weighted by Gasteiger charge is -2.16.